The number of H-pyrrole nitrogens is 1. The molecule has 1 heterocycles. The highest BCUT2D eigenvalue weighted by Gasteiger charge is 2.05. The number of aromatic amines is 1. The molecule has 0 bridgehead atoms. The first kappa shape index (κ1) is 15.6. The van der Waals surface area contributed by atoms with E-state index in [-0.39, 0.29) is 0 Å². The summed E-state index contributed by atoms with van der Waals surface area (Å²) in [6.45, 7) is 4.46. The largest absolute Gasteiger partial charge is 0.361 e. The quantitative estimate of drug-likeness (QED) is 0.739. The third-order valence-electron chi connectivity index (χ3n) is 2.96. The van der Waals surface area contributed by atoms with Gasteiger partial charge in [0.05, 0.1) is 17.5 Å². The molecule has 0 spiro atoms. The van der Waals surface area contributed by atoms with Crippen LogP contribution in [0.25, 0.3) is 10.9 Å². The summed E-state index contributed by atoms with van der Waals surface area (Å²) in [5.74, 6) is 0. The van der Waals surface area contributed by atoms with Crippen molar-refractivity contribution in [2.45, 2.75) is 46.0 Å². The summed E-state index contributed by atoms with van der Waals surface area (Å²) < 4.78 is 0. The number of hydrogen-bond acceptors (Lipinski definition) is 1. The minimum Gasteiger partial charge on any atom is -0.361 e. The van der Waals surface area contributed by atoms with Crippen LogP contribution in [0.4, 0.5) is 0 Å². The summed E-state index contributed by atoms with van der Waals surface area (Å²) in [6, 6.07) is 7.78. The number of fused-ring (bicyclic) bond motifs is 1. The van der Waals surface area contributed by atoms with Crippen LogP contribution in [0, 0.1) is 11.3 Å². The number of unbranched alkanes of at least 4 members (excludes halogenated alkanes) is 3. The Morgan fingerprint density at radius 1 is 1.21 bits per heavy atom. The Morgan fingerprint density at radius 2 is 1.89 bits per heavy atom. The molecule has 2 aromatic rings. The number of nitriles is 1. The summed E-state index contributed by atoms with van der Waals surface area (Å²) in [5, 5.41) is 10.2. The lowest BCUT2D eigenvalue weighted by atomic mass is 10.1. The van der Waals surface area contributed by atoms with Gasteiger partial charge >= 0.3 is 0 Å². The SMILES string of the molecule is CCCCCC.N#CCc1c[nH]c2cccc(Cl)c12. The number of halogens is 1. The lowest BCUT2D eigenvalue weighted by molar-refractivity contribution is 0.702. The van der Waals surface area contributed by atoms with Crippen molar-refractivity contribution in [3.05, 3.63) is 35.0 Å². The van der Waals surface area contributed by atoms with Crippen LogP contribution in [0.1, 0.15) is 45.1 Å². The molecular weight excluding hydrogens is 256 g/mol. The van der Waals surface area contributed by atoms with E-state index in [1.807, 2.05) is 24.4 Å². The van der Waals surface area contributed by atoms with E-state index in [2.05, 4.69) is 24.9 Å². The topological polar surface area (TPSA) is 39.6 Å². The molecule has 0 saturated heterocycles. The first-order chi connectivity index (χ1) is 9.24. The van der Waals surface area contributed by atoms with Gasteiger partial charge < -0.3 is 4.98 Å². The van der Waals surface area contributed by atoms with Gasteiger partial charge in [0.25, 0.3) is 0 Å². The minimum atomic E-state index is 0.393. The molecule has 0 saturated carbocycles. The molecule has 1 aromatic carbocycles. The Hall–Kier alpha value is -1.46. The third kappa shape index (κ3) is 4.61. The lowest BCUT2D eigenvalue weighted by Crippen LogP contribution is -1.77. The van der Waals surface area contributed by atoms with Gasteiger partial charge in [0.15, 0.2) is 0 Å². The molecule has 0 fully saturated rings. The van der Waals surface area contributed by atoms with Crippen molar-refractivity contribution in [3.8, 4) is 6.07 Å². The zero-order valence-corrected chi connectivity index (χ0v) is 12.4. The second-order valence-electron chi connectivity index (χ2n) is 4.52. The van der Waals surface area contributed by atoms with E-state index in [9.17, 15) is 0 Å². The number of nitrogens with one attached hydrogen (secondary N) is 1. The third-order valence-corrected chi connectivity index (χ3v) is 3.28. The van der Waals surface area contributed by atoms with Gasteiger partial charge in [-0.25, -0.2) is 0 Å². The number of hydrogen-bond donors (Lipinski definition) is 1. The molecule has 0 atom stereocenters. The van der Waals surface area contributed by atoms with Gasteiger partial charge in [0.1, 0.15) is 0 Å². The van der Waals surface area contributed by atoms with Crippen LogP contribution in [-0.4, -0.2) is 4.98 Å². The number of nitrogens with zero attached hydrogens (tertiary/aromatic N) is 1. The number of rotatable bonds is 4. The van der Waals surface area contributed by atoms with Crippen LogP contribution < -0.4 is 0 Å². The summed E-state index contributed by atoms with van der Waals surface area (Å²) in [5.41, 5.74) is 1.95. The zero-order valence-electron chi connectivity index (χ0n) is 11.7. The summed E-state index contributed by atoms with van der Waals surface area (Å²) in [6.07, 6.45) is 7.76. The fourth-order valence-electron chi connectivity index (χ4n) is 1.93. The highest BCUT2D eigenvalue weighted by atomic mass is 35.5. The van der Waals surface area contributed by atoms with Crippen LogP contribution in [0.2, 0.25) is 5.02 Å². The van der Waals surface area contributed by atoms with Crippen molar-refractivity contribution in [2.24, 2.45) is 0 Å². The van der Waals surface area contributed by atoms with E-state index in [0.717, 1.165) is 16.5 Å². The van der Waals surface area contributed by atoms with Gasteiger partial charge in [-0.05, 0) is 17.7 Å². The molecule has 2 nitrogen and oxygen atoms in total. The van der Waals surface area contributed by atoms with Crippen molar-refractivity contribution >= 4 is 22.5 Å². The normalized spacial score (nSPS) is 9.79. The van der Waals surface area contributed by atoms with Crippen LogP contribution in [0.5, 0.6) is 0 Å². The maximum atomic E-state index is 8.58. The average molecular weight is 277 g/mol. The van der Waals surface area contributed by atoms with Crippen molar-refractivity contribution in [2.75, 3.05) is 0 Å². The number of benzene rings is 1. The number of aromatic nitrogens is 1. The molecule has 3 heteroatoms. The Morgan fingerprint density at radius 3 is 2.47 bits per heavy atom. The summed E-state index contributed by atoms with van der Waals surface area (Å²) >= 11 is 6.01. The molecule has 1 N–H and O–H groups in total. The van der Waals surface area contributed by atoms with Crippen LogP contribution >= 0.6 is 11.6 Å². The van der Waals surface area contributed by atoms with Gasteiger partial charge in [0.2, 0.25) is 0 Å². The standard InChI is InChI=1S/C10H7ClN2.C6H14/c11-8-2-1-3-9-10(8)7(4-5-12)6-13-9;1-3-5-6-4-2/h1-3,6,13H,4H2;3-6H2,1-2H3. The van der Waals surface area contributed by atoms with Crippen LogP contribution in [0.3, 0.4) is 0 Å². The Balaban J connectivity index is 0.000000258. The maximum Gasteiger partial charge on any atom is 0.0670 e. The van der Waals surface area contributed by atoms with E-state index in [0.29, 0.717) is 11.4 Å². The molecule has 1 aromatic heterocycles. The van der Waals surface area contributed by atoms with Gasteiger partial charge in [-0.3, -0.25) is 0 Å². The van der Waals surface area contributed by atoms with E-state index in [1.165, 1.54) is 25.7 Å². The van der Waals surface area contributed by atoms with Crippen molar-refractivity contribution < 1.29 is 0 Å². The van der Waals surface area contributed by atoms with Crippen LogP contribution in [0.15, 0.2) is 24.4 Å². The predicted molar refractivity (Wildman–Crippen MR) is 82.4 cm³/mol. The van der Waals surface area contributed by atoms with E-state index in [1.54, 1.807) is 0 Å². The van der Waals surface area contributed by atoms with Crippen molar-refractivity contribution in [1.29, 1.82) is 5.26 Å². The van der Waals surface area contributed by atoms with Gasteiger partial charge in [-0.15, -0.1) is 0 Å². The fourth-order valence-corrected chi connectivity index (χ4v) is 2.23. The molecule has 2 rings (SSSR count). The molecule has 0 radical (unpaired) electrons. The smallest absolute Gasteiger partial charge is 0.0670 e. The first-order valence-electron chi connectivity index (χ1n) is 6.86. The van der Waals surface area contributed by atoms with E-state index >= 15 is 0 Å². The highest BCUT2D eigenvalue weighted by molar-refractivity contribution is 6.35. The van der Waals surface area contributed by atoms with Gasteiger partial charge in [0, 0.05) is 17.1 Å². The van der Waals surface area contributed by atoms with Crippen molar-refractivity contribution in [1.82, 2.24) is 4.98 Å². The van der Waals surface area contributed by atoms with Gasteiger partial charge in [-0.2, -0.15) is 5.26 Å². The fraction of sp³-hybridized carbons (Fsp3) is 0.438. The molecule has 102 valence electrons. The second kappa shape index (κ2) is 8.61. The molecule has 0 amide bonds. The zero-order chi connectivity index (χ0) is 14.1. The molecular formula is C16H21ClN2. The molecule has 0 aliphatic rings. The Labute approximate surface area is 120 Å². The Bertz CT molecular complexity index is 533. The Kier molecular flexibility index (Phi) is 7.07. The average Bonchev–Trinajstić information content (AvgIpc) is 2.82. The molecule has 0 aliphatic carbocycles. The summed E-state index contributed by atoms with van der Waals surface area (Å²) in [7, 11) is 0. The minimum absolute atomic E-state index is 0.393. The van der Waals surface area contributed by atoms with Crippen LogP contribution in [-0.2, 0) is 6.42 Å². The summed E-state index contributed by atoms with van der Waals surface area (Å²) in [4.78, 5) is 3.08. The highest BCUT2D eigenvalue weighted by Crippen LogP contribution is 2.26. The lowest BCUT2D eigenvalue weighted by Gasteiger charge is -1.94. The van der Waals surface area contributed by atoms with E-state index in [4.69, 9.17) is 16.9 Å². The molecule has 0 aliphatic heterocycles. The monoisotopic (exact) mass is 276 g/mol. The molecule has 0 unspecified atom stereocenters. The maximum absolute atomic E-state index is 8.58. The first-order valence-corrected chi connectivity index (χ1v) is 7.23. The van der Waals surface area contributed by atoms with E-state index < -0.39 is 0 Å². The van der Waals surface area contributed by atoms with Gasteiger partial charge in [-0.1, -0.05) is 57.2 Å². The predicted octanol–water partition coefficient (Wildman–Crippen LogP) is 5.47. The second-order valence-corrected chi connectivity index (χ2v) is 4.93. The molecule has 19 heavy (non-hydrogen) atoms. The van der Waals surface area contributed by atoms with Crippen molar-refractivity contribution in [3.63, 3.8) is 0 Å².